The second-order valence-electron chi connectivity index (χ2n) is 7.48. The number of rotatable bonds is 6. The largest absolute Gasteiger partial charge is 0.497 e. The average Bonchev–Trinajstić information content (AvgIpc) is 3.23. The summed E-state index contributed by atoms with van der Waals surface area (Å²) >= 11 is 0. The summed E-state index contributed by atoms with van der Waals surface area (Å²) in [6, 6.07) is 21.4. The van der Waals surface area contributed by atoms with Gasteiger partial charge in [-0.05, 0) is 48.4 Å². The van der Waals surface area contributed by atoms with Crippen LogP contribution in [0.25, 0.3) is 16.6 Å². The molecule has 154 valence electrons. The molecule has 0 N–H and O–H groups in total. The van der Waals surface area contributed by atoms with E-state index in [-0.39, 0.29) is 5.56 Å². The van der Waals surface area contributed by atoms with E-state index >= 15 is 0 Å². The molecule has 0 fully saturated rings. The molecule has 0 amide bonds. The highest BCUT2D eigenvalue weighted by atomic mass is 16.5. The van der Waals surface area contributed by atoms with Crippen LogP contribution in [0.15, 0.2) is 83.9 Å². The van der Waals surface area contributed by atoms with E-state index in [0.29, 0.717) is 18.4 Å². The molecule has 2 aromatic carbocycles. The lowest BCUT2D eigenvalue weighted by Gasteiger charge is -2.13. The predicted octanol–water partition coefficient (Wildman–Crippen LogP) is 3.89. The standard InChI is InChI=1S/C25H22N4O2/c1-31-20-12-9-18(10-13-20)11-14-24-27-22-7-3-2-6-21(22)25(30)29(24)17-19-16-28-15-5-4-8-23(28)26-19/h2-10,12-13,15-16H,11,14,17H2,1H3. The van der Waals surface area contributed by atoms with Crippen LogP contribution in [-0.2, 0) is 19.4 Å². The minimum Gasteiger partial charge on any atom is -0.497 e. The third kappa shape index (κ3) is 3.80. The third-order valence-electron chi connectivity index (χ3n) is 5.47. The maximum Gasteiger partial charge on any atom is 0.261 e. The van der Waals surface area contributed by atoms with Crippen LogP contribution in [0.3, 0.4) is 0 Å². The smallest absolute Gasteiger partial charge is 0.261 e. The molecule has 0 aliphatic heterocycles. The molecule has 6 heteroatoms. The van der Waals surface area contributed by atoms with Crippen molar-refractivity contribution >= 4 is 16.6 Å². The molecular weight excluding hydrogens is 388 g/mol. The Morgan fingerprint density at radius 2 is 1.71 bits per heavy atom. The molecule has 0 aliphatic rings. The number of ether oxygens (including phenoxy) is 1. The summed E-state index contributed by atoms with van der Waals surface area (Å²) in [5.41, 5.74) is 3.55. The number of para-hydroxylation sites is 1. The maximum absolute atomic E-state index is 13.3. The molecule has 0 radical (unpaired) electrons. The van der Waals surface area contributed by atoms with E-state index in [1.807, 2.05) is 83.5 Å². The van der Waals surface area contributed by atoms with Gasteiger partial charge < -0.3 is 9.14 Å². The van der Waals surface area contributed by atoms with Gasteiger partial charge in [-0.3, -0.25) is 9.36 Å². The van der Waals surface area contributed by atoms with E-state index in [0.717, 1.165) is 34.9 Å². The lowest BCUT2D eigenvalue weighted by molar-refractivity contribution is 0.414. The van der Waals surface area contributed by atoms with Crippen LogP contribution >= 0.6 is 0 Å². The van der Waals surface area contributed by atoms with Gasteiger partial charge in [-0.1, -0.05) is 30.3 Å². The number of hydrogen-bond donors (Lipinski definition) is 0. The van der Waals surface area contributed by atoms with Gasteiger partial charge in [0.25, 0.3) is 5.56 Å². The van der Waals surface area contributed by atoms with Gasteiger partial charge in [0, 0.05) is 18.8 Å². The number of nitrogens with zero attached hydrogens (tertiary/aromatic N) is 4. The van der Waals surface area contributed by atoms with Crippen LogP contribution in [-0.4, -0.2) is 26.0 Å². The normalized spacial score (nSPS) is 11.3. The van der Waals surface area contributed by atoms with Gasteiger partial charge >= 0.3 is 0 Å². The Hall–Kier alpha value is -3.93. The minimum absolute atomic E-state index is 0.0348. The van der Waals surface area contributed by atoms with Gasteiger partial charge in [0.15, 0.2) is 0 Å². The van der Waals surface area contributed by atoms with E-state index in [4.69, 9.17) is 9.72 Å². The molecule has 0 spiro atoms. The van der Waals surface area contributed by atoms with Crippen LogP contribution in [0.2, 0.25) is 0 Å². The zero-order chi connectivity index (χ0) is 21.2. The predicted molar refractivity (Wildman–Crippen MR) is 121 cm³/mol. The maximum atomic E-state index is 13.3. The summed E-state index contributed by atoms with van der Waals surface area (Å²) < 4.78 is 8.96. The van der Waals surface area contributed by atoms with Crippen molar-refractivity contribution in [2.75, 3.05) is 7.11 Å². The van der Waals surface area contributed by atoms with Crippen LogP contribution in [0, 0.1) is 0 Å². The van der Waals surface area contributed by atoms with Crippen molar-refractivity contribution in [3.63, 3.8) is 0 Å². The number of imidazole rings is 1. The molecule has 0 saturated carbocycles. The van der Waals surface area contributed by atoms with Crippen molar-refractivity contribution in [1.29, 1.82) is 0 Å². The summed E-state index contributed by atoms with van der Waals surface area (Å²) in [4.78, 5) is 22.8. The van der Waals surface area contributed by atoms with E-state index in [2.05, 4.69) is 4.98 Å². The molecule has 0 atom stereocenters. The van der Waals surface area contributed by atoms with Crippen molar-refractivity contribution < 1.29 is 4.74 Å². The number of fused-ring (bicyclic) bond motifs is 2. The van der Waals surface area contributed by atoms with Crippen LogP contribution < -0.4 is 10.3 Å². The van der Waals surface area contributed by atoms with Crippen molar-refractivity contribution in [2.45, 2.75) is 19.4 Å². The molecular formula is C25H22N4O2. The number of hydrogen-bond acceptors (Lipinski definition) is 4. The highest BCUT2D eigenvalue weighted by Crippen LogP contribution is 2.15. The first-order valence-corrected chi connectivity index (χ1v) is 10.3. The van der Waals surface area contributed by atoms with E-state index < -0.39 is 0 Å². The summed E-state index contributed by atoms with van der Waals surface area (Å²) in [7, 11) is 1.66. The third-order valence-corrected chi connectivity index (χ3v) is 5.47. The van der Waals surface area contributed by atoms with E-state index in [1.165, 1.54) is 5.56 Å². The minimum atomic E-state index is -0.0348. The van der Waals surface area contributed by atoms with Gasteiger partial charge in [0.05, 0.1) is 30.3 Å². The molecule has 0 saturated heterocycles. The average molecular weight is 410 g/mol. The van der Waals surface area contributed by atoms with Crippen LogP contribution in [0.5, 0.6) is 5.75 Å². The lowest BCUT2D eigenvalue weighted by Crippen LogP contribution is -2.26. The Morgan fingerprint density at radius 1 is 0.903 bits per heavy atom. The molecule has 5 aromatic rings. The number of aromatic nitrogens is 4. The molecule has 31 heavy (non-hydrogen) atoms. The Labute approximate surface area is 179 Å². The highest BCUT2D eigenvalue weighted by molar-refractivity contribution is 5.77. The summed E-state index contributed by atoms with van der Waals surface area (Å²) in [6.07, 6.45) is 5.35. The molecule has 6 nitrogen and oxygen atoms in total. The van der Waals surface area contributed by atoms with Gasteiger partial charge in [0.2, 0.25) is 0 Å². The van der Waals surface area contributed by atoms with E-state index in [9.17, 15) is 4.79 Å². The fourth-order valence-electron chi connectivity index (χ4n) is 3.84. The van der Waals surface area contributed by atoms with Gasteiger partial charge in [-0.2, -0.15) is 0 Å². The molecule has 5 rings (SSSR count). The first-order valence-electron chi connectivity index (χ1n) is 10.3. The summed E-state index contributed by atoms with van der Waals surface area (Å²) in [5.74, 6) is 1.59. The van der Waals surface area contributed by atoms with E-state index in [1.54, 1.807) is 11.7 Å². The Morgan fingerprint density at radius 3 is 2.52 bits per heavy atom. The van der Waals surface area contributed by atoms with Gasteiger partial charge in [0.1, 0.15) is 17.2 Å². The number of pyridine rings is 1. The fourth-order valence-corrected chi connectivity index (χ4v) is 3.84. The Bertz CT molecular complexity index is 1380. The summed E-state index contributed by atoms with van der Waals surface area (Å²) in [5, 5.41) is 0.625. The molecule has 0 unspecified atom stereocenters. The molecule has 0 aliphatic carbocycles. The second-order valence-corrected chi connectivity index (χ2v) is 7.48. The van der Waals surface area contributed by atoms with Gasteiger partial charge in [-0.15, -0.1) is 0 Å². The first kappa shape index (κ1) is 19.1. The fraction of sp³-hybridized carbons (Fsp3) is 0.160. The van der Waals surface area contributed by atoms with Crippen LogP contribution in [0.1, 0.15) is 17.1 Å². The number of methoxy groups -OCH3 is 1. The SMILES string of the molecule is COc1ccc(CCc2nc3ccccc3c(=O)n2Cc2cn3ccccc3n2)cc1. The molecule has 0 bridgehead atoms. The van der Waals surface area contributed by atoms with Crippen molar-refractivity contribution in [2.24, 2.45) is 0 Å². The first-order chi connectivity index (χ1) is 15.2. The zero-order valence-corrected chi connectivity index (χ0v) is 17.2. The lowest BCUT2D eigenvalue weighted by atomic mass is 10.1. The Balaban J connectivity index is 1.52. The topological polar surface area (TPSA) is 61.4 Å². The summed E-state index contributed by atoms with van der Waals surface area (Å²) in [6.45, 7) is 0.385. The molecule has 3 heterocycles. The van der Waals surface area contributed by atoms with Crippen molar-refractivity contribution in [1.82, 2.24) is 18.9 Å². The van der Waals surface area contributed by atoms with Crippen LogP contribution in [0.4, 0.5) is 0 Å². The highest BCUT2D eigenvalue weighted by Gasteiger charge is 2.13. The molecule has 3 aromatic heterocycles. The second kappa shape index (κ2) is 8.07. The quantitative estimate of drug-likeness (QED) is 0.426. The van der Waals surface area contributed by atoms with Gasteiger partial charge in [-0.25, -0.2) is 9.97 Å². The number of aryl methyl sites for hydroxylation is 2. The monoisotopic (exact) mass is 410 g/mol. The Kier molecular flexibility index (Phi) is 4.96. The van der Waals surface area contributed by atoms with Crippen molar-refractivity contribution in [3.05, 3.63) is 107 Å². The number of benzene rings is 2. The van der Waals surface area contributed by atoms with Crippen molar-refractivity contribution in [3.8, 4) is 5.75 Å². The zero-order valence-electron chi connectivity index (χ0n) is 17.2.